The van der Waals surface area contributed by atoms with Gasteiger partial charge < -0.3 is 25.3 Å². The molecule has 166 valence electrons. The summed E-state index contributed by atoms with van der Waals surface area (Å²) in [5.41, 5.74) is 8.37. The number of rotatable bonds is 9. The number of aliphatic imine (C=N–C) groups is 1. The summed E-state index contributed by atoms with van der Waals surface area (Å²) in [4.78, 5) is 4.28. The van der Waals surface area contributed by atoms with E-state index in [-0.39, 0.29) is 36.5 Å². The monoisotopic (exact) mass is 539 g/mol. The first-order chi connectivity index (χ1) is 13.8. The van der Waals surface area contributed by atoms with Gasteiger partial charge in [-0.15, -0.1) is 24.0 Å². The van der Waals surface area contributed by atoms with Gasteiger partial charge in [-0.1, -0.05) is 30.3 Å². The number of nitrogens with one attached hydrogen (secondary N) is 1. The van der Waals surface area contributed by atoms with Gasteiger partial charge in [0.05, 0.1) is 27.4 Å². The van der Waals surface area contributed by atoms with E-state index in [0.717, 1.165) is 11.1 Å². The van der Waals surface area contributed by atoms with Gasteiger partial charge in [-0.2, -0.15) is 13.2 Å². The van der Waals surface area contributed by atoms with Gasteiger partial charge >= 0.3 is 6.18 Å². The van der Waals surface area contributed by atoms with Gasteiger partial charge in [-0.3, -0.25) is 0 Å². The molecule has 0 heterocycles. The summed E-state index contributed by atoms with van der Waals surface area (Å²) >= 11 is 0. The maximum atomic E-state index is 12.1. The minimum atomic E-state index is -4.32. The zero-order valence-electron chi connectivity index (χ0n) is 16.7. The van der Waals surface area contributed by atoms with Crippen molar-refractivity contribution in [3.8, 4) is 11.5 Å². The van der Waals surface area contributed by atoms with Crippen LogP contribution in [0.3, 0.4) is 0 Å². The normalized spacial score (nSPS) is 11.6. The van der Waals surface area contributed by atoms with Gasteiger partial charge in [0.1, 0.15) is 6.61 Å². The predicted octanol–water partition coefficient (Wildman–Crippen LogP) is 4.01. The Hall–Kier alpha value is -2.21. The van der Waals surface area contributed by atoms with E-state index in [0.29, 0.717) is 30.2 Å². The van der Waals surface area contributed by atoms with Crippen molar-refractivity contribution >= 4 is 29.9 Å². The van der Waals surface area contributed by atoms with E-state index in [9.17, 15) is 13.2 Å². The van der Waals surface area contributed by atoms with Crippen LogP contribution in [-0.4, -0.2) is 33.0 Å². The van der Waals surface area contributed by atoms with Crippen LogP contribution in [0.1, 0.15) is 16.7 Å². The second-order valence-corrected chi connectivity index (χ2v) is 6.17. The van der Waals surface area contributed by atoms with Crippen LogP contribution < -0.4 is 20.5 Å². The predicted molar refractivity (Wildman–Crippen MR) is 119 cm³/mol. The zero-order valence-corrected chi connectivity index (χ0v) is 19.0. The lowest BCUT2D eigenvalue weighted by atomic mass is 10.1. The number of methoxy groups -OCH3 is 2. The molecule has 0 aliphatic heterocycles. The Labute approximate surface area is 190 Å². The van der Waals surface area contributed by atoms with Crippen LogP contribution in [-0.2, 0) is 24.4 Å². The summed E-state index contributed by atoms with van der Waals surface area (Å²) in [6, 6.07) is 12.5. The van der Waals surface area contributed by atoms with Crippen LogP contribution in [0.4, 0.5) is 13.2 Å². The Kier molecular flexibility index (Phi) is 10.7. The quantitative estimate of drug-likeness (QED) is 0.286. The van der Waals surface area contributed by atoms with Gasteiger partial charge in [-0.05, 0) is 28.8 Å². The second-order valence-electron chi connectivity index (χ2n) is 6.17. The number of alkyl halides is 3. The Morgan fingerprint density at radius 2 is 1.57 bits per heavy atom. The standard InChI is InChI=1S/C20H24F3N3O3.HI/c1-27-17-8-7-16(9-18(17)28-2)11-26-19(24)25-10-14-3-5-15(6-4-14)12-29-13-20(21,22)23;/h3-9H,10-13H2,1-2H3,(H3,24,25,26);1H. The molecule has 0 atom stereocenters. The third-order valence-corrected chi connectivity index (χ3v) is 3.91. The van der Waals surface area contributed by atoms with E-state index in [2.05, 4.69) is 15.0 Å². The highest BCUT2D eigenvalue weighted by Gasteiger charge is 2.27. The highest BCUT2D eigenvalue weighted by Crippen LogP contribution is 2.27. The lowest BCUT2D eigenvalue weighted by Gasteiger charge is -2.10. The van der Waals surface area contributed by atoms with Gasteiger partial charge in [0.25, 0.3) is 0 Å². The Bertz CT molecular complexity index is 815. The third-order valence-electron chi connectivity index (χ3n) is 3.91. The number of halogens is 4. The number of hydrogen-bond donors (Lipinski definition) is 2. The molecule has 6 nitrogen and oxygen atoms in total. The van der Waals surface area contributed by atoms with Crippen molar-refractivity contribution in [3.05, 3.63) is 59.2 Å². The number of guanidine groups is 1. The van der Waals surface area contributed by atoms with Crippen LogP contribution in [0.25, 0.3) is 0 Å². The summed E-state index contributed by atoms with van der Waals surface area (Å²) in [7, 11) is 3.13. The Morgan fingerprint density at radius 3 is 2.17 bits per heavy atom. The number of benzene rings is 2. The molecule has 0 aliphatic carbocycles. The van der Waals surface area contributed by atoms with Crippen LogP contribution in [0.2, 0.25) is 0 Å². The maximum Gasteiger partial charge on any atom is 0.411 e. The highest BCUT2D eigenvalue weighted by atomic mass is 127. The molecule has 0 unspecified atom stereocenters. The van der Waals surface area contributed by atoms with Crippen molar-refractivity contribution in [2.75, 3.05) is 20.8 Å². The highest BCUT2D eigenvalue weighted by molar-refractivity contribution is 14.0. The molecular weight excluding hydrogens is 514 g/mol. The molecule has 2 aromatic rings. The van der Waals surface area contributed by atoms with E-state index in [1.807, 2.05) is 12.1 Å². The smallest absolute Gasteiger partial charge is 0.411 e. The number of nitrogens with two attached hydrogens (primary N) is 1. The number of nitrogens with zero attached hydrogens (tertiary/aromatic N) is 1. The first kappa shape index (κ1) is 25.8. The van der Waals surface area contributed by atoms with Crippen LogP contribution in [0.5, 0.6) is 11.5 Å². The molecule has 0 fully saturated rings. The summed E-state index contributed by atoms with van der Waals surface area (Å²) in [5.74, 6) is 1.53. The fraction of sp³-hybridized carbons (Fsp3) is 0.350. The Morgan fingerprint density at radius 1 is 0.967 bits per heavy atom. The van der Waals surface area contributed by atoms with E-state index in [4.69, 9.17) is 15.2 Å². The second kappa shape index (κ2) is 12.5. The molecule has 2 rings (SSSR count). The van der Waals surface area contributed by atoms with Gasteiger partial charge in [0.2, 0.25) is 0 Å². The average molecular weight is 539 g/mol. The molecule has 0 radical (unpaired) electrons. The Balaban J connectivity index is 0.00000450. The molecule has 3 N–H and O–H groups in total. The summed E-state index contributed by atoms with van der Waals surface area (Å²) in [6.07, 6.45) is -4.32. The van der Waals surface area contributed by atoms with Crippen LogP contribution >= 0.6 is 24.0 Å². The van der Waals surface area contributed by atoms with Gasteiger partial charge in [0, 0.05) is 6.54 Å². The lowest BCUT2D eigenvalue weighted by molar-refractivity contribution is -0.176. The molecule has 0 saturated carbocycles. The first-order valence-corrected chi connectivity index (χ1v) is 8.77. The maximum absolute atomic E-state index is 12.1. The van der Waals surface area contributed by atoms with E-state index < -0.39 is 12.8 Å². The molecule has 30 heavy (non-hydrogen) atoms. The molecule has 10 heteroatoms. The molecule has 0 aliphatic rings. The van der Waals surface area contributed by atoms with E-state index >= 15 is 0 Å². The molecule has 0 saturated heterocycles. The zero-order chi connectivity index (χ0) is 21.3. The molecular formula is C20H25F3IN3O3. The number of ether oxygens (including phenoxy) is 3. The molecule has 0 aromatic heterocycles. The topological polar surface area (TPSA) is 78.1 Å². The van der Waals surface area contributed by atoms with Crippen molar-refractivity contribution in [1.29, 1.82) is 0 Å². The SMILES string of the molecule is COc1ccc(CN=C(N)NCc2ccc(COCC(F)(F)F)cc2)cc1OC.I. The van der Waals surface area contributed by atoms with Crippen LogP contribution in [0.15, 0.2) is 47.5 Å². The van der Waals surface area contributed by atoms with Crippen molar-refractivity contribution in [2.45, 2.75) is 25.9 Å². The first-order valence-electron chi connectivity index (χ1n) is 8.77. The molecule has 2 aromatic carbocycles. The van der Waals surface area contributed by atoms with Crippen molar-refractivity contribution < 1.29 is 27.4 Å². The molecule has 0 amide bonds. The minimum Gasteiger partial charge on any atom is -0.493 e. The molecule has 0 spiro atoms. The summed E-state index contributed by atoms with van der Waals surface area (Å²) in [6.45, 7) is -0.550. The van der Waals surface area contributed by atoms with E-state index in [1.54, 1.807) is 44.6 Å². The van der Waals surface area contributed by atoms with Gasteiger partial charge in [0.15, 0.2) is 17.5 Å². The van der Waals surface area contributed by atoms with Crippen LogP contribution in [0, 0.1) is 0 Å². The van der Waals surface area contributed by atoms with Crippen molar-refractivity contribution in [2.24, 2.45) is 10.7 Å². The minimum absolute atomic E-state index is 0. The third kappa shape index (κ3) is 9.08. The van der Waals surface area contributed by atoms with E-state index in [1.165, 1.54) is 0 Å². The average Bonchev–Trinajstić information content (AvgIpc) is 2.70. The molecule has 0 bridgehead atoms. The lowest BCUT2D eigenvalue weighted by Crippen LogP contribution is -2.31. The fourth-order valence-electron chi connectivity index (χ4n) is 2.44. The summed E-state index contributed by atoms with van der Waals surface area (Å²) in [5, 5.41) is 2.99. The van der Waals surface area contributed by atoms with Gasteiger partial charge in [-0.25, -0.2) is 4.99 Å². The summed E-state index contributed by atoms with van der Waals surface area (Å²) < 4.78 is 51.3. The fourth-order valence-corrected chi connectivity index (χ4v) is 2.44. The largest absolute Gasteiger partial charge is 0.493 e. The number of hydrogen-bond acceptors (Lipinski definition) is 4. The van der Waals surface area contributed by atoms with Crippen molar-refractivity contribution in [1.82, 2.24) is 5.32 Å². The van der Waals surface area contributed by atoms with Crippen molar-refractivity contribution in [3.63, 3.8) is 0 Å².